The highest BCUT2D eigenvalue weighted by atomic mass is 16.4. The molecule has 246 valence electrons. The van der Waals surface area contributed by atoms with E-state index in [-0.39, 0.29) is 25.2 Å². The molecule has 12 heteroatoms. The van der Waals surface area contributed by atoms with Crippen LogP contribution in [-0.4, -0.2) is 69.5 Å². The largest absolute Gasteiger partial charge is 0.480 e. The summed E-state index contributed by atoms with van der Waals surface area (Å²) in [5.41, 5.74) is 15.1. The summed E-state index contributed by atoms with van der Waals surface area (Å²) in [6, 6.07) is 11.0. The van der Waals surface area contributed by atoms with Gasteiger partial charge in [-0.2, -0.15) is 0 Å². The fraction of sp³-hybridized carbons (Fsp3) is 0.412. The predicted molar refractivity (Wildman–Crippen MR) is 178 cm³/mol. The Hall–Kier alpha value is -4.68. The molecule has 46 heavy (non-hydrogen) atoms. The van der Waals surface area contributed by atoms with Crippen molar-refractivity contribution in [2.75, 3.05) is 6.54 Å². The third-order valence-corrected chi connectivity index (χ3v) is 8.09. The number of hydrogen-bond donors (Lipinski definition) is 8. The smallest absolute Gasteiger partial charge is 0.326 e. The van der Waals surface area contributed by atoms with Gasteiger partial charge in [0, 0.05) is 47.0 Å². The van der Waals surface area contributed by atoms with E-state index in [1.807, 2.05) is 62.4 Å². The minimum absolute atomic E-state index is 0.00730. The molecule has 3 amide bonds. The lowest BCUT2D eigenvalue weighted by Gasteiger charge is -2.25. The van der Waals surface area contributed by atoms with E-state index >= 15 is 0 Å². The highest BCUT2D eigenvalue weighted by molar-refractivity contribution is 5.95. The van der Waals surface area contributed by atoms with Crippen molar-refractivity contribution in [2.45, 2.75) is 76.5 Å². The molecule has 12 nitrogen and oxygen atoms in total. The van der Waals surface area contributed by atoms with Gasteiger partial charge in [0.2, 0.25) is 17.7 Å². The third kappa shape index (κ3) is 8.95. The maximum absolute atomic E-state index is 14.0. The molecule has 0 saturated heterocycles. The number of nitrogens with one attached hydrogen (secondary N) is 5. The van der Waals surface area contributed by atoms with Gasteiger partial charge in [-0.3, -0.25) is 14.4 Å². The number of aliphatic carboxylic acids is 1. The normalized spacial score (nSPS) is 14.1. The number of fused-ring (bicyclic) bond motifs is 2. The Morgan fingerprint density at radius 2 is 1.22 bits per heavy atom. The van der Waals surface area contributed by atoms with Crippen LogP contribution in [0.3, 0.4) is 0 Å². The van der Waals surface area contributed by atoms with Crippen molar-refractivity contribution in [3.05, 3.63) is 72.1 Å². The van der Waals surface area contributed by atoms with Crippen LogP contribution in [0.2, 0.25) is 0 Å². The molecule has 0 saturated carbocycles. The number of nitrogens with two attached hydrogens (primary N) is 2. The van der Waals surface area contributed by atoms with Crippen molar-refractivity contribution in [1.82, 2.24) is 25.9 Å². The van der Waals surface area contributed by atoms with Crippen molar-refractivity contribution in [3.8, 4) is 0 Å². The second-order valence-electron chi connectivity index (χ2n) is 12.2. The number of hydrogen-bond acceptors (Lipinski definition) is 6. The Bertz CT molecular complexity index is 1640. The minimum Gasteiger partial charge on any atom is -0.480 e. The van der Waals surface area contributed by atoms with Gasteiger partial charge in [0.1, 0.15) is 18.1 Å². The van der Waals surface area contributed by atoms with Crippen LogP contribution in [0.1, 0.15) is 50.7 Å². The molecule has 4 atom stereocenters. The average molecular weight is 632 g/mol. The zero-order valence-corrected chi connectivity index (χ0v) is 26.3. The Balaban J connectivity index is 1.62. The molecule has 0 aliphatic carbocycles. The first-order valence-electron chi connectivity index (χ1n) is 15.8. The minimum atomic E-state index is -1.16. The summed E-state index contributed by atoms with van der Waals surface area (Å²) in [5.74, 6) is -2.87. The van der Waals surface area contributed by atoms with E-state index in [0.717, 1.165) is 39.4 Å². The topological polar surface area (TPSA) is 208 Å². The van der Waals surface area contributed by atoms with Crippen LogP contribution in [0, 0.1) is 5.92 Å². The number of rotatable bonds is 17. The SMILES string of the molecule is CC(C)CC(NC(=O)C(Cc1c[nH]c2ccccc12)NC(=O)C(Cc1c[nH]c2ccccc12)NC(=O)C(N)CCCCN)C(=O)O. The van der Waals surface area contributed by atoms with Gasteiger partial charge in [-0.05, 0) is 55.0 Å². The number of H-pyrrole nitrogens is 2. The van der Waals surface area contributed by atoms with E-state index in [4.69, 9.17) is 11.5 Å². The molecule has 4 aromatic rings. The molecule has 4 unspecified atom stereocenters. The Morgan fingerprint density at radius 3 is 1.70 bits per heavy atom. The predicted octanol–water partition coefficient (Wildman–Crippen LogP) is 2.48. The Morgan fingerprint density at radius 1 is 0.739 bits per heavy atom. The Labute approximate surface area is 268 Å². The van der Waals surface area contributed by atoms with E-state index in [1.165, 1.54) is 0 Å². The van der Waals surface area contributed by atoms with E-state index in [9.17, 15) is 24.3 Å². The number of aromatic nitrogens is 2. The summed E-state index contributed by atoms with van der Waals surface area (Å²) in [6.45, 7) is 4.22. The average Bonchev–Trinajstić information content (AvgIpc) is 3.63. The number of unbranched alkanes of at least 4 members (excludes halogenated alkanes) is 1. The molecule has 0 radical (unpaired) electrons. The van der Waals surface area contributed by atoms with Crippen molar-refractivity contribution in [3.63, 3.8) is 0 Å². The van der Waals surface area contributed by atoms with Crippen LogP contribution < -0.4 is 27.4 Å². The molecule has 0 fully saturated rings. The zero-order valence-electron chi connectivity index (χ0n) is 26.3. The molecule has 0 aliphatic heterocycles. The second kappa shape index (κ2) is 16.1. The molecule has 2 aromatic heterocycles. The number of para-hydroxylation sites is 2. The lowest BCUT2D eigenvalue weighted by atomic mass is 10.00. The summed E-state index contributed by atoms with van der Waals surface area (Å²) in [5, 5.41) is 19.8. The van der Waals surface area contributed by atoms with Crippen LogP contribution in [-0.2, 0) is 32.0 Å². The van der Waals surface area contributed by atoms with Crippen LogP contribution in [0.15, 0.2) is 60.9 Å². The van der Waals surface area contributed by atoms with Crippen LogP contribution in [0.5, 0.6) is 0 Å². The summed E-state index contributed by atoms with van der Waals surface area (Å²) >= 11 is 0. The van der Waals surface area contributed by atoms with Gasteiger partial charge >= 0.3 is 5.97 Å². The summed E-state index contributed by atoms with van der Waals surface area (Å²) in [6.07, 6.45) is 5.78. The first-order valence-corrected chi connectivity index (χ1v) is 15.8. The van der Waals surface area contributed by atoms with Crippen LogP contribution >= 0.6 is 0 Å². The second-order valence-corrected chi connectivity index (χ2v) is 12.2. The molecular formula is C34H45N7O5. The molecule has 2 aromatic carbocycles. The van der Waals surface area contributed by atoms with Crippen molar-refractivity contribution in [1.29, 1.82) is 0 Å². The van der Waals surface area contributed by atoms with Crippen molar-refractivity contribution < 1.29 is 24.3 Å². The fourth-order valence-electron chi connectivity index (χ4n) is 5.62. The molecule has 0 bridgehead atoms. The van der Waals surface area contributed by atoms with E-state index in [0.29, 0.717) is 19.4 Å². The summed E-state index contributed by atoms with van der Waals surface area (Å²) in [7, 11) is 0. The number of benzene rings is 2. The fourth-order valence-corrected chi connectivity index (χ4v) is 5.62. The Kier molecular flexibility index (Phi) is 11.9. The maximum atomic E-state index is 14.0. The van der Waals surface area contributed by atoms with Gasteiger partial charge in [0.25, 0.3) is 0 Å². The number of amides is 3. The first-order chi connectivity index (χ1) is 22.1. The van der Waals surface area contributed by atoms with Gasteiger partial charge in [-0.25, -0.2) is 4.79 Å². The maximum Gasteiger partial charge on any atom is 0.326 e. The van der Waals surface area contributed by atoms with Gasteiger partial charge in [0.15, 0.2) is 0 Å². The lowest BCUT2D eigenvalue weighted by Crippen LogP contribution is -2.58. The van der Waals surface area contributed by atoms with Gasteiger partial charge in [0.05, 0.1) is 6.04 Å². The van der Waals surface area contributed by atoms with E-state index in [2.05, 4.69) is 25.9 Å². The molecule has 2 heterocycles. The summed E-state index contributed by atoms with van der Waals surface area (Å²) < 4.78 is 0. The van der Waals surface area contributed by atoms with Crippen LogP contribution in [0.4, 0.5) is 0 Å². The quantitative estimate of drug-likeness (QED) is 0.0816. The molecule has 4 rings (SSSR count). The van der Waals surface area contributed by atoms with Gasteiger partial charge in [-0.15, -0.1) is 0 Å². The van der Waals surface area contributed by atoms with E-state index < -0.39 is 47.9 Å². The molecule has 0 spiro atoms. The number of carboxylic acid groups (broad SMARTS) is 1. The molecular weight excluding hydrogens is 586 g/mol. The lowest BCUT2D eigenvalue weighted by molar-refractivity contribution is -0.142. The number of carbonyl (C=O) groups is 4. The first kappa shape index (κ1) is 34.2. The molecule has 0 aliphatic rings. The number of carboxylic acids is 1. The van der Waals surface area contributed by atoms with Gasteiger partial charge in [-0.1, -0.05) is 56.7 Å². The third-order valence-electron chi connectivity index (χ3n) is 8.09. The summed E-state index contributed by atoms with van der Waals surface area (Å²) in [4.78, 5) is 59.3. The highest BCUT2D eigenvalue weighted by Crippen LogP contribution is 2.21. The van der Waals surface area contributed by atoms with Crippen molar-refractivity contribution in [2.24, 2.45) is 17.4 Å². The standard InChI is InChI=1S/C34H45N7O5/c1-20(2)15-30(34(45)46)41-33(44)29(17-22-19-38-27-13-6-4-10-24(22)27)40-32(43)28(39-31(42)25(36)11-7-8-14-35)16-21-18-37-26-12-5-3-9-23(21)26/h3-6,9-10,12-13,18-20,25,28-30,37-38H,7-8,11,14-17,35-36H2,1-2H3,(H,39,42)(H,40,43)(H,41,44)(H,45,46). The van der Waals surface area contributed by atoms with Crippen molar-refractivity contribution >= 4 is 45.5 Å². The highest BCUT2D eigenvalue weighted by Gasteiger charge is 2.32. The zero-order chi connectivity index (χ0) is 33.2. The molecule has 10 N–H and O–H groups in total. The number of aromatic amines is 2. The number of carbonyl (C=O) groups excluding carboxylic acids is 3. The van der Waals surface area contributed by atoms with E-state index in [1.54, 1.807) is 12.4 Å². The monoisotopic (exact) mass is 631 g/mol. The van der Waals surface area contributed by atoms with Gasteiger partial charge < -0.3 is 42.5 Å². The van der Waals surface area contributed by atoms with Crippen LogP contribution in [0.25, 0.3) is 21.8 Å².